The van der Waals surface area contributed by atoms with E-state index in [9.17, 15) is 0 Å². The van der Waals surface area contributed by atoms with Crippen molar-refractivity contribution < 1.29 is 0 Å². The topological polar surface area (TPSA) is 12.9 Å². The highest BCUT2D eigenvalue weighted by molar-refractivity contribution is 5.94. The van der Waals surface area contributed by atoms with Crippen LogP contribution in [0.3, 0.4) is 0 Å². The first-order valence-corrected chi connectivity index (χ1v) is 5.88. The second kappa shape index (κ2) is 3.17. The Bertz CT molecular complexity index is 728. The molecule has 1 heterocycles. The minimum absolute atomic E-state index is 1.01. The van der Waals surface area contributed by atoms with E-state index in [4.69, 9.17) is 0 Å². The average Bonchev–Trinajstić information content (AvgIpc) is 2.78. The summed E-state index contributed by atoms with van der Waals surface area (Å²) in [6.07, 6.45) is 2.89. The van der Waals surface area contributed by atoms with Crippen molar-refractivity contribution in [3.8, 4) is 11.3 Å². The van der Waals surface area contributed by atoms with Gasteiger partial charge in [-0.15, -0.1) is 0 Å². The van der Waals surface area contributed by atoms with Crippen LogP contribution in [0.1, 0.15) is 11.1 Å². The Morgan fingerprint density at radius 1 is 0.882 bits per heavy atom. The first kappa shape index (κ1) is 8.94. The Kier molecular flexibility index (Phi) is 1.67. The van der Waals surface area contributed by atoms with Crippen molar-refractivity contribution in [2.24, 2.45) is 0 Å². The molecule has 0 atom stereocenters. The molecule has 1 aromatic heterocycles. The first-order chi connectivity index (χ1) is 8.43. The summed E-state index contributed by atoms with van der Waals surface area (Å²) in [4.78, 5) is 4.51. The van der Waals surface area contributed by atoms with Crippen LogP contribution in [0.15, 0.2) is 54.7 Å². The summed E-state index contributed by atoms with van der Waals surface area (Å²) >= 11 is 0. The molecule has 0 fully saturated rings. The molecule has 4 rings (SSSR count). The molecule has 80 valence electrons. The lowest BCUT2D eigenvalue weighted by Crippen LogP contribution is -1.83. The van der Waals surface area contributed by atoms with Crippen molar-refractivity contribution in [1.82, 2.24) is 4.98 Å². The van der Waals surface area contributed by atoms with Gasteiger partial charge >= 0.3 is 0 Å². The summed E-state index contributed by atoms with van der Waals surface area (Å²) < 4.78 is 0. The summed E-state index contributed by atoms with van der Waals surface area (Å²) in [6, 6.07) is 17.2. The number of aromatic nitrogens is 1. The van der Waals surface area contributed by atoms with E-state index in [1.165, 1.54) is 27.5 Å². The molecule has 17 heavy (non-hydrogen) atoms. The number of hydrogen-bond acceptors (Lipinski definition) is 1. The quantitative estimate of drug-likeness (QED) is 0.436. The van der Waals surface area contributed by atoms with Crippen molar-refractivity contribution in [1.29, 1.82) is 0 Å². The average molecular weight is 217 g/mol. The fourth-order valence-electron chi connectivity index (χ4n) is 2.76. The summed E-state index contributed by atoms with van der Waals surface area (Å²) in [5.41, 5.74) is 5.24. The molecule has 0 unspecified atom stereocenters. The Morgan fingerprint density at radius 2 is 1.82 bits per heavy atom. The zero-order chi connectivity index (χ0) is 11.2. The molecule has 0 N–H and O–H groups in total. The minimum Gasteiger partial charge on any atom is -0.256 e. The number of benzene rings is 2. The van der Waals surface area contributed by atoms with Gasteiger partial charge in [0.05, 0.1) is 5.69 Å². The van der Waals surface area contributed by atoms with E-state index < -0.39 is 0 Å². The van der Waals surface area contributed by atoms with Gasteiger partial charge in [-0.3, -0.25) is 4.98 Å². The number of nitrogens with zero attached hydrogens (tertiary/aromatic N) is 1. The predicted octanol–water partition coefficient (Wildman–Crippen LogP) is 3.81. The van der Waals surface area contributed by atoms with Gasteiger partial charge in [0.25, 0.3) is 0 Å². The zero-order valence-electron chi connectivity index (χ0n) is 9.35. The van der Waals surface area contributed by atoms with E-state index >= 15 is 0 Å². The van der Waals surface area contributed by atoms with Crippen molar-refractivity contribution in [2.75, 3.05) is 0 Å². The lowest BCUT2D eigenvalue weighted by molar-refractivity contribution is 1.24. The van der Waals surface area contributed by atoms with Gasteiger partial charge in [0, 0.05) is 18.2 Å². The van der Waals surface area contributed by atoms with Gasteiger partial charge in [0.2, 0.25) is 0 Å². The lowest BCUT2D eigenvalue weighted by Gasteiger charge is -2.04. The largest absolute Gasteiger partial charge is 0.256 e. The van der Waals surface area contributed by atoms with Gasteiger partial charge in [0.15, 0.2) is 0 Å². The third-order valence-electron chi connectivity index (χ3n) is 3.55. The monoisotopic (exact) mass is 217 g/mol. The molecule has 1 nitrogen and oxygen atoms in total. The molecule has 0 amide bonds. The molecule has 0 radical (unpaired) electrons. The summed E-state index contributed by atoms with van der Waals surface area (Å²) in [7, 11) is 0. The van der Waals surface area contributed by atoms with Crippen LogP contribution in [0.25, 0.3) is 22.0 Å². The standard InChI is InChI=1S/C16H11N/c1-2-6-13-11(4-1)7-8-14-15(13)10-12-5-3-9-17-16(12)14/h1-9H,10H2. The third-order valence-corrected chi connectivity index (χ3v) is 3.55. The minimum atomic E-state index is 1.01. The highest BCUT2D eigenvalue weighted by atomic mass is 14.7. The van der Waals surface area contributed by atoms with E-state index in [0.717, 1.165) is 12.1 Å². The van der Waals surface area contributed by atoms with Crippen LogP contribution in [-0.4, -0.2) is 4.98 Å². The fourth-order valence-corrected chi connectivity index (χ4v) is 2.76. The first-order valence-electron chi connectivity index (χ1n) is 5.88. The van der Waals surface area contributed by atoms with Gasteiger partial charge in [-0.25, -0.2) is 0 Å². The normalized spacial score (nSPS) is 12.5. The molecule has 0 bridgehead atoms. The van der Waals surface area contributed by atoms with E-state index in [-0.39, 0.29) is 0 Å². The molecule has 3 aromatic rings. The summed E-state index contributed by atoms with van der Waals surface area (Å²) in [5, 5.41) is 2.68. The van der Waals surface area contributed by atoms with Crippen LogP contribution >= 0.6 is 0 Å². The maximum Gasteiger partial charge on any atom is 0.0740 e. The highest BCUT2D eigenvalue weighted by Gasteiger charge is 2.20. The molecule has 0 saturated carbocycles. The molecule has 1 aliphatic rings. The molecular formula is C16H11N. The van der Waals surface area contributed by atoms with E-state index in [2.05, 4.69) is 47.4 Å². The highest BCUT2D eigenvalue weighted by Crippen LogP contribution is 2.38. The third kappa shape index (κ3) is 1.17. The van der Waals surface area contributed by atoms with Gasteiger partial charge in [-0.05, 0) is 28.0 Å². The van der Waals surface area contributed by atoms with Crippen molar-refractivity contribution in [3.63, 3.8) is 0 Å². The summed E-state index contributed by atoms with van der Waals surface area (Å²) in [5.74, 6) is 0. The van der Waals surface area contributed by atoms with Crippen molar-refractivity contribution >= 4 is 10.8 Å². The molecular weight excluding hydrogens is 206 g/mol. The van der Waals surface area contributed by atoms with E-state index in [1.54, 1.807) is 0 Å². The van der Waals surface area contributed by atoms with Crippen LogP contribution in [0.4, 0.5) is 0 Å². The van der Waals surface area contributed by atoms with E-state index in [1.807, 2.05) is 12.3 Å². The number of pyridine rings is 1. The van der Waals surface area contributed by atoms with Crippen LogP contribution in [0, 0.1) is 0 Å². The molecule has 0 aliphatic heterocycles. The molecule has 1 aliphatic carbocycles. The Balaban J connectivity index is 2.11. The lowest BCUT2D eigenvalue weighted by atomic mass is 10.0. The fraction of sp³-hybridized carbons (Fsp3) is 0.0625. The molecule has 2 aromatic carbocycles. The summed E-state index contributed by atoms with van der Waals surface area (Å²) in [6.45, 7) is 0. The van der Waals surface area contributed by atoms with Crippen molar-refractivity contribution in [2.45, 2.75) is 6.42 Å². The molecule has 1 heteroatoms. The number of fused-ring (bicyclic) bond motifs is 5. The van der Waals surface area contributed by atoms with Gasteiger partial charge in [-0.1, -0.05) is 42.5 Å². The zero-order valence-corrected chi connectivity index (χ0v) is 9.35. The van der Waals surface area contributed by atoms with Crippen LogP contribution < -0.4 is 0 Å². The van der Waals surface area contributed by atoms with Gasteiger partial charge < -0.3 is 0 Å². The maximum atomic E-state index is 4.51. The maximum absolute atomic E-state index is 4.51. The Morgan fingerprint density at radius 3 is 2.82 bits per heavy atom. The second-order valence-electron chi connectivity index (χ2n) is 4.50. The second-order valence-corrected chi connectivity index (χ2v) is 4.50. The van der Waals surface area contributed by atoms with Crippen LogP contribution in [-0.2, 0) is 6.42 Å². The van der Waals surface area contributed by atoms with Crippen molar-refractivity contribution in [3.05, 3.63) is 65.9 Å². The number of rotatable bonds is 0. The van der Waals surface area contributed by atoms with Gasteiger partial charge in [-0.2, -0.15) is 0 Å². The van der Waals surface area contributed by atoms with Crippen LogP contribution in [0.5, 0.6) is 0 Å². The smallest absolute Gasteiger partial charge is 0.0740 e. The SMILES string of the molecule is c1cnc2c(c1)Cc1c-2ccc2ccccc12. The number of hydrogen-bond donors (Lipinski definition) is 0. The Hall–Kier alpha value is -2.15. The van der Waals surface area contributed by atoms with Crippen LogP contribution in [0.2, 0.25) is 0 Å². The van der Waals surface area contributed by atoms with E-state index in [0.29, 0.717) is 0 Å². The predicted molar refractivity (Wildman–Crippen MR) is 70.0 cm³/mol. The molecule has 0 saturated heterocycles. The Labute approximate surface area is 99.7 Å². The molecule has 0 spiro atoms. The van der Waals surface area contributed by atoms with Gasteiger partial charge in [0.1, 0.15) is 0 Å².